The molecule has 0 spiro atoms. The lowest BCUT2D eigenvalue weighted by Crippen LogP contribution is -2.07. The number of methoxy groups -OCH3 is 3. The van der Waals surface area contributed by atoms with Crippen LogP contribution in [0.2, 0.25) is 0 Å². The van der Waals surface area contributed by atoms with Crippen LogP contribution < -0.4 is 19.5 Å². The van der Waals surface area contributed by atoms with Gasteiger partial charge in [0.05, 0.1) is 21.3 Å². The zero-order valence-corrected chi connectivity index (χ0v) is 16.4. The van der Waals surface area contributed by atoms with Gasteiger partial charge in [-0.25, -0.2) is 0 Å². The molecule has 0 unspecified atom stereocenters. The lowest BCUT2D eigenvalue weighted by Gasteiger charge is -2.07. The Labute approximate surface area is 166 Å². The molecule has 3 rings (SSSR count). The number of ether oxygens (including phenoxy) is 3. The van der Waals surface area contributed by atoms with Crippen molar-refractivity contribution in [2.75, 3.05) is 26.6 Å². The zero-order chi connectivity index (χ0) is 19.9. The van der Waals surface area contributed by atoms with Crippen molar-refractivity contribution < 1.29 is 19.0 Å². The number of nitrogens with one attached hydrogen (secondary N) is 1. The topological polar surface area (TPSA) is 82.6 Å². The molecular formula is C20H19N3O4S. The molecule has 0 saturated heterocycles. The second kappa shape index (κ2) is 9.01. The maximum Gasteiger partial charge on any atom is 0.250 e. The molecule has 1 heterocycles. The van der Waals surface area contributed by atoms with Gasteiger partial charge in [0.25, 0.3) is 0 Å². The van der Waals surface area contributed by atoms with E-state index in [1.165, 1.54) is 17.4 Å². The third-order valence-corrected chi connectivity index (χ3v) is 4.71. The SMILES string of the molecule is COc1ccc(-c2nnc(NC(=O)C=Cc3ccc(OC)c(OC)c3)s2)cc1. The molecule has 1 amide bonds. The van der Waals surface area contributed by atoms with Crippen LogP contribution in [0.5, 0.6) is 17.2 Å². The quantitative estimate of drug-likeness (QED) is 0.609. The van der Waals surface area contributed by atoms with E-state index in [0.29, 0.717) is 21.6 Å². The van der Waals surface area contributed by atoms with Gasteiger partial charge in [-0.1, -0.05) is 17.4 Å². The Morgan fingerprint density at radius 2 is 1.71 bits per heavy atom. The minimum absolute atomic E-state index is 0.299. The Kier molecular flexibility index (Phi) is 6.23. The van der Waals surface area contributed by atoms with Crippen LogP contribution in [0.25, 0.3) is 16.6 Å². The minimum atomic E-state index is -0.299. The highest BCUT2D eigenvalue weighted by molar-refractivity contribution is 7.18. The smallest absolute Gasteiger partial charge is 0.250 e. The molecule has 0 aliphatic heterocycles. The highest BCUT2D eigenvalue weighted by Gasteiger charge is 2.09. The summed E-state index contributed by atoms with van der Waals surface area (Å²) in [6, 6.07) is 12.9. The number of carbonyl (C=O) groups is 1. The van der Waals surface area contributed by atoms with E-state index in [9.17, 15) is 4.79 Å². The minimum Gasteiger partial charge on any atom is -0.497 e. The second-order valence-electron chi connectivity index (χ2n) is 5.58. The number of aromatic nitrogens is 2. The van der Waals surface area contributed by atoms with Gasteiger partial charge in [-0.2, -0.15) is 0 Å². The van der Waals surface area contributed by atoms with Crippen molar-refractivity contribution in [2.45, 2.75) is 0 Å². The second-order valence-corrected chi connectivity index (χ2v) is 6.56. The van der Waals surface area contributed by atoms with Crippen molar-refractivity contribution in [1.29, 1.82) is 0 Å². The van der Waals surface area contributed by atoms with E-state index in [1.807, 2.05) is 30.3 Å². The van der Waals surface area contributed by atoms with E-state index in [0.717, 1.165) is 16.9 Å². The van der Waals surface area contributed by atoms with E-state index in [4.69, 9.17) is 14.2 Å². The van der Waals surface area contributed by atoms with Gasteiger partial charge in [0.1, 0.15) is 10.8 Å². The fraction of sp³-hybridized carbons (Fsp3) is 0.150. The largest absolute Gasteiger partial charge is 0.497 e. The summed E-state index contributed by atoms with van der Waals surface area (Å²) in [5.74, 6) is 1.69. The summed E-state index contributed by atoms with van der Waals surface area (Å²) in [5, 5.41) is 12.0. The van der Waals surface area contributed by atoms with Crippen molar-refractivity contribution in [3.8, 4) is 27.8 Å². The van der Waals surface area contributed by atoms with Crippen molar-refractivity contribution in [3.63, 3.8) is 0 Å². The predicted octanol–water partition coefficient (Wildman–Crippen LogP) is 3.88. The van der Waals surface area contributed by atoms with Gasteiger partial charge >= 0.3 is 0 Å². The molecule has 0 fully saturated rings. The van der Waals surface area contributed by atoms with Gasteiger partial charge in [-0.3, -0.25) is 10.1 Å². The Balaban J connectivity index is 1.65. The molecule has 1 aromatic heterocycles. The third-order valence-electron chi connectivity index (χ3n) is 3.83. The van der Waals surface area contributed by atoms with E-state index in [2.05, 4.69) is 15.5 Å². The number of anilines is 1. The number of rotatable bonds is 7. The standard InChI is InChI=1S/C20H19N3O4S/c1-25-15-8-6-14(7-9-15)19-22-23-20(28-19)21-18(24)11-5-13-4-10-16(26-2)17(12-13)27-3/h4-12H,1-3H3,(H,21,23,24). The number of benzene rings is 2. The summed E-state index contributed by atoms with van der Waals surface area (Å²) in [7, 11) is 4.75. The van der Waals surface area contributed by atoms with Crippen molar-refractivity contribution in [3.05, 3.63) is 54.1 Å². The molecule has 0 aliphatic rings. The van der Waals surface area contributed by atoms with Crippen LogP contribution in [-0.4, -0.2) is 37.4 Å². The van der Waals surface area contributed by atoms with Crippen LogP contribution in [0.1, 0.15) is 5.56 Å². The normalized spacial score (nSPS) is 10.7. The van der Waals surface area contributed by atoms with E-state index < -0.39 is 0 Å². The maximum atomic E-state index is 12.2. The molecular weight excluding hydrogens is 378 g/mol. The Morgan fingerprint density at radius 3 is 2.39 bits per heavy atom. The number of hydrogen-bond acceptors (Lipinski definition) is 7. The predicted molar refractivity (Wildman–Crippen MR) is 109 cm³/mol. The Bertz CT molecular complexity index is 983. The van der Waals surface area contributed by atoms with Crippen molar-refractivity contribution in [1.82, 2.24) is 10.2 Å². The van der Waals surface area contributed by atoms with Gasteiger partial charge in [0.2, 0.25) is 11.0 Å². The molecule has 1 N–H and O–H groups in total. The van der Waals surface area contributed by atoms with Gasteiger partial charge < -0.3 is 14.2 Å². The summed E-state index contributed by atoms with van der Waals surface area (Å²) in [6.45, 7) is 0. The maximum absolute atomic E-state index is 12.2. The average molecular weight is 397 g/mol. The van der Waals surface area contributed by atoms with Gasteiger partial charge in [0, 0.05) is 11.6 Å². The molecule has 2 aromatic carbocycles. The molecule has 0 aliphatic carbocycles. The van der Waals surface area contributed by atoms with E-state index in [1.54, 1.807) is 39.5 Å². The summed E-state index contributed by atoms with van der Waals surface area (Å²) in [6.07, 6.45) is 3.11. The van der Waals surface area contributed by atoms with E-state index >= 15 is 0 Å². The lowest BCUT2D eigenvalue weighted by atomic mass is 10.2. The molecule has 7 nitrogen and oxygen atoms in total. The first-order valence-corrected chi connectivity index (χ1v) is 9.13. The molecule has 0 saturated carbocycles. The first-order valence-electron chi connectivity index (χ1n) is 8.32. The molecule has 0 atom stereocenters. The number of carbonyl (C=O) groups excluding carboxylic acids is 1. The molecule has 144 valence electrons. The first kappa shape index (κ1) is 19.4. The fourth-order valence-corrected chi connectivity index (χ4v) is 3.15. The highest BCUT2D eigenvalue weighted by Crippen LogP contribution is 2.29. The molecule has 0 radical (unpaired) electrons. The fourth-order valence-electron chi connectivity index (χ4n) is 2.40. The van der Waals surface area contributed by atoms with Crippen LogP contribution >= 0.6 is 11.3 Å². The van der Waals surface area contributed by atoms with Crippen molar-refractivity contribution >= 4 is 28.5 Å². The summed E-state index contributed by atoms with van der Waals surface area (Å²) in [5.41, 5.74) is 1.71. The van der Waals surface area contributed by atoms with Crippen LogP contribution in [0.3, 0.4) is 0 Å². The molecule has 8 heteroatoms. The van der Waals surface area contributed by atoms with Gasteiger partial charge in [-0.05, 0) is 48.0 Å². The Morgan fingerprint density at radius 1 is 0.964 bits per heavy atom. The average Bonchev–Trinajstić information content (AvgIpc) is 3.20. The molecule has 3 aromatic rings. The summed E-state index contributed by atoms with van der Waals surface area (Å²) < 4.78 is 15.6. The summed E-state index contributed by atoms with van der Waals surface area (Å²) in [4.78, 5) is 12.2. The summed E-state index contributed by atoms with van der Waals surface area (Å²) >= 11 is 1.30. The van der Waals surface area contributed by atoms with Crippen molar-refractivity contribution in [2.24, 2.45) is 0 Å². The highest BCUT2D eigenvalue weighted by atomic mass is 32.1. The lowest BCUT2D eigenvalue weighted by molar-refractivity contribution is -0.111. The van der Waals surface area contributed by atoms with Crippen LogP contribution in [-0.2, 0) is 4.79 Å². The number of amides is 1. The number of hydrogen-bond donors (Lipinski definition) is 1. The monoisotopic (exact) mass is 397 g/mol. The van der Waals surface area contributed by atoms with E-state index in [-0.39, 0.29) is 5.91 Å². The van der Waals surface area contributed by atoms with Crippen LogP contribution in [0.15, 0.2) is 48.5 Å². The first-order chi connectivity index (χ1) is 13.6. The molecule has 0 bridgehead atoms. The third kappa shape index (κ3) is 4.66. The van der Waals surface area contributed by atoms with Gasteiger partial charge in [0.15, 0.2) is 11.5 Å². The molecule has 28 heavy (non-hydrogen) atoms. The van der Waals surface area contributed by atoms with Crippen LogP contribution in [0.4, 0.5) is 5.13 Å². The Hall–Kier alpha value is -3.39. The van der Waals surface area contributed by atoms with Crippen LogP contribution in [0, 0.1) is 0 Å². The van der Waals surface area contributed by atoms with Gasteiger partial charge in [-0.15, -0.1) is 10.2 Å². The zero-order valence-electron chi connectivity index (χ0n) is 15.6. The number of nitrogens with zero attached hydrogens (tertiary/aromatic N) is 2.